The van der Waals surface area contributed by atoms with Crippen molar-refractivity contribution < 1.29 is 19.5 Å². The smallest absolute Gasteiger partial charge is 0.335 e. The molecule has 2 bridgehead atoms. The van der Waals surface area contributed by atoms with Gasteiger partial charge in [0, 0.05) is 47.6 Å². The summed E-state index contributed by atoms with van der Waals surface area (Å²) in [4.78, 5) is 43.0. The van der Waals surface area contributed by atoms with Gasteiger partial charge in [-0.05, 0) is 54.7 Å². The molecule has 3 aromatic carbocycles. The first kappa shape index (κ1) is 25.3. The number of ketones is 1. The number of carboxylic acid groups (broad SMARTS) is 1. The number of hydrogen-bond acceptors (Lipinski definition) is 5. The van der Waals surface area contributed by atoms with E-state index in [1.165, 1.54) is 28.7 Å². The zero-order chi connectivity index (χ0) is 27.1. The highest BCUT2D eigenvalue weighted by Crippen LogP contribution is 2.39. The Morgan fingerprint density at radius 1 is 1.00 bits per heavy atom. The van der Waals surface area contributed by atoms with E-state index in [4.69, 9.17) is 11.6 Å². The van der Waals surface area contributed by atoms with Gasteiger partial charge in [-0.15, -0.1) is 0 Å². The van der Waals surface area contributed by atoms with Crippen LogP contribution in [0.3, 0.4) is 0 Å². The van der Waals surface area contributed by atoms with Gasteiger partial charge in [-0.1, -0.05) is 60.2 Å². The van der Waals surface area contributed by atoms with Gasteiger partial charge in [-0.3, -0.25) is 14.5 Å². The Labute approximate surface area is 231 Å². The molecule has 0 spiro atoms. The van der Waals surface area contributed by atoms with Crippen molar-refractivity contribution in [2.75, 3.05) is 29.9 Å². The Kier molecular flexibility index (Phi) is 6.71. The lowest BCUT2D eigenvalue weighted by molar-refractivity contribution is 0.0696. The number of carboxylic acids is 1. The van der Waals surface area contributed by atoms with E-state index in [-0.39, 0.29) is 34.0 Å². The molecule has 2 heterocycles. The summed E-state index contributed by atoms with van der Waals surface area (Å²) < 4.78 is 0. The highest BCUT2D eigenvalue weighted by molar-refractivity contribution is 6.32. The number of fused-ring (bicyclic) bond motifs is 1. The van der Waals surface area contributed by atoms with Gasteiger partial charge in [0.1, 0.15) is 6.04 Å². The number of nitrogens with one attached hydrogen (secondary N) is 1. The number of anilines is 2. The van der Waals surface area contributed by atoms with Crippen molar-refractivity contribution in [3.63, 3.8) is 0 Å². The van der Waals surface area contributed by atoms with Crippen LogP contribution in [0.15, 0.2) is 66.7 Å². The summed E-state index contributed by atoms with van der Waals surface area (Å²) in [6.07, 6.45) is 6.40. The number of carbonyl (C=O) groups is 3. The van der Waals surface area contributed by atoms with Gasteiger partial charge in [0.2, 0.25) is 0 Å². The summed E-state index contributed by atoms with van der Waals surface area (Å²) in [6.45, 7) is 2.92. The first-order valence-electron chi connectivity index (χ1n) is 13.2. The average molecular weight is 542 g/mol. The molecule has 39 heavy (non-hydrogen) atoms. The highest BCUT2D eigenvalue weighted by atomic mass is 35.5. The van der Waals surface area contributed by atoms with Crippen LogP contribution < -0.4 is 10.2 Å². The minimum absolute atomic E-state index is 0.0468. The monoisotopic (exact) mass is 541 g/mol. The first-order chi connectivity index (χ1) is 18.9. The Balaban J connectivity index is 1.23. The van der Waals surface area contributed by atoms with Gasteiger partial charge in [-0.2, -0.15) is 0 Å². The Hall–Kier alpha value is -3.94. The zero-order valence-corrected chi connectivity index (χ0v) is 22.0. The number of Topliss-reactive ketones (excluding diaryl/α,β-unsaturated/α-hetero) is 1. The second-order valence-corrected chi connectivity index (χ2v) is 10.7. The molecule has 3 aromatic rings. The van der Waals surface area contributed by atoms with Crippen molar-refractivity contribution in [3.05, 3.63) is 99.6 Å². The first-order valence-corrected chi connectivity index (χ1v) is 13.6. The van der Waals surface area contributed by atoms with Crippen LogP contribution in [0.4, 0.5) is 11.4 Å². The number of hydrogen-bond donors (Lipinski definition) is 2. The summed E-state index contributed by atoms with van der Waals surface area (Å²) in [6, 6.07) is 17.8. The van der Waals surface area contributed by atoms with Gasteiger partial charge >= 0.3 is 5.97 Å². The maximum Gasteiger partial charge on any atom is 0.335 e. The summed E-state index contributed by atoms with van der Waals surface area (Å²) >= 11 is 6.21. The van der Waals surface area contributed by atoms with Crippen molar-refractivity contribution in [1.82, 2.24) is 4.90 Å². The molecule has 0 saturated carbocycles. The normalized spacial score (nSPS) is 18.9. The molecular weight excluding hydrogens is 514 g/mol. The third kappa shape index (κ3) is 4.84. The fourth-order valence-electron chi connectivity index (χ4n) is 5.81. The zero-order valence-electron chi connectivity index (χ0n) is 21.3. The quantitative estimate of drug-likeness (QED) is 0.416. The van der Waals surface area contributed by atoms with Crippen LogP contribution in [-0.4, -0.2) is 59.4 Å². The third-order valence-corrected chi connectivity index (χ3v) is 8.05. The van der Waals surface area contributed by atoms with Crippen molar-refractivity contribution in [3.8, 4) is 0 Å². The van der Waals surface area contributed by atoms with Gasteiger partial charge in [0.15, 0.2) is 5.78 Å². The van der Waals surface area contributed by atoms with Gasteiger partial charge in [0.05, 0.1) is 11.1 Å². The van der Waals surface area contributed by atoms with E-state index in [1.807, 2.05) is 24.3 Å². The van der Waals surface area contributed by atoms with Crippen LogP contribution in [0.25, 0.3) is 6.08 Å². The van der Waals surface area contributed by atoms with Gasteiger partial charge < -0.3 is 15.3 Å². The van der Waals surface area contributed by atoms with E-state index in [0.29, 0.717) is 16.8 Å². The molecule has 2 N–H and O–H groups in total. The Bertz CT molecular complexity index is 1500. The van der Waals surface area contributed by atoms with E-state index in [9.17, 15) is 19.5 Å². The fourth-order valence-corrected chi connectivity index (χ4v) is 6.04. The molecule has 6 rings (SSSR count). The Morgan fingerprint density at radius 2 is 1.77 bits per heavy atom. The summed E-state index contributed by atoms with van der Waals surface area (Å²) in [5, 5.41) is 13.3. The maximum atomic E-state index is 14.0. The Morgan fingerprint density at radius 3 is 2.51 bits per heavy atom. The fraction of sp³-hybridized carbons (Fsp3) is 0.258. The molecule has 1 fully saturated rings. The largest absolute Gasteiger partial charge is 0.478 e. The average Bonchev–Trinajstić information content (AvgIpc) is 2.93. The van der Waals surface area contributed by atoms with E-state index in [1.54, 1.807) is 6.08 Å². The molecule has 1 atom stereocenters. The number of amides is 1. The van der Waals surface area contributed by atoms with Crippen molar-refractivity contribution in [2.45, 2.75) is 31.3 Å². The van der Waals surface area contributed by atoms with Crippen LogP contribution in [-0.2, 0) is 6.42 Å². The summed E-state index contributed by atoms with van der Waals surface area (Å²) in [5.41, 5.74) is 3.68. The number of carbonyl (C=O) groups excluding carboxylic acids is 2. The number of benzene rings is 3. The predicted octanol–water partition coefficient (Wildman–Crippen LogP) is 5.40. The molecule has 0 radical (unpaired) electrons. The number of likely N-dealkylation sites (tertiary alicyclic amines) is 1. The van der Waals surface area contributed by atoms with Gasteiger partial charge in [-0.25, -0.2) is 4.79 Å². The van der Waals surface area contributed by atoms with E-state index in [2.05, 4.69) is 34.5 Å². The van der Waals surface area contributed by atoms with E-state index < -0.39 is 12.0 Å². The number of aromatic carboxylic acids is 1. The molecule has 1 saturated heterocycles. The molecule has 1 amide bonds. The molecule has 198 valence electrons. The maximum absolute atomic E-state index is 14.0. The number of nitrogens with zero attached hydrogens (tertiary/aromatic N) is 2. The minimum atomic E-state index is -1.16. The van der Waals surface area contributed by atoms with Crippen LogP contribution >= 0.6 is 11.6 Å². The molecule has 3 aliphatic rings. The molecule has 1 unspecified atom stereocenters. The van der Waals surface area contributed by atoms with Gasteiger partial charge in [0.25, 0.3) is 5.91 Å². The lowest BCUT2D eigenvalue weighted by atomic mass is 9.82. The topological polar surface area (TPSA) is 89.9 Å². The highest BCUT2D eigenvalue weighted by Gasteiger charge is 2.43. The van der Waals surface area contributed by atoms with Crippen LogP contribution in [0.1, 0.15) is 55.0 Å². The SMILES string of the molecule is O=C(O)c1cc(Cl)cc(N2C(=O)c3c(NC4CCN(CCc5ccccc5)CC4)ccc4c3C(=O)C2C=C4)c1. The second kappa shape index (κ2) is 10.3. The minimum Gasteiger partial charge on any atom is -0.478 e. The number of halogens is 1. The third-order valence-electron chi connectivity index (χ3n) is 7.84. The molecule has 7 nitrogen and oxygen atoms in total. The number of rotatable bonds is 7. The lowest BCUT2D eigenvalue weighted by Crippen LogP contribution is -2.51. The predicted molar refractivity (Wildman–Crippen MR) is 152 cm³/mol. The standard InChI is InChI=1S/C31H28ClN3O4/c32-22-16-21(31(38)39)17-24(18-22)35-26-9-7-20-6-8-25(28(30(35)37)27(20)29(26)36)33-23-11-14-34(15-12-23)13-10-19-4-2-1-3-5-19/h1-9,16-18,23,26,33H,10-15H2,(H,38,39). The summed E-state index contributed by atoms with van der Waals surface area (Å²) in [7, 11) is 0. The molecule has 0 aromatic heterocycles. The van der Waals surface area contributed by atoms with Crippen molar-refractivity contribution in [1.29, 1.82) is 0 Å². The molecule has 2 aliphatic heterocycles. The van der Waals surface area contributed by atoms with Crippen molar-refractivity contribution in [2.24, 2.45) is 0 Å². The van der Waals surface area contributed by atoms with E-state index >= 15 is 0 Å². The molecular formula is C31H28ClN3O4. The molecule has 8 heteroatoms. The van der Waals surface area contributed by atoms with E-state index in [0.717, 1.165) is 44.5 Å². The van der Waals surface area contributed by atoms with Crippen LogP contribution in [0.5, 0.6) is 0 Å². The van der Waals surface area contributed by atoms with Crippen LogP contribution in [0, 0.1) is 0 Å². The summed E-state index contributed by atoms with van der Waals surface area (Å²) in [5.74, 6) is -1.69. The second-order valence-electron chi connectivity index (χ2n) is 10.3. The van der Waals surface area contributed by atoms with Crippen LogP contribution in [0.2, 0.25) is 5.02 Å². The van der Waals surface area contributed by atoms with Crippen molar-refractivity contribution >= 4 is 46.7 Å². The lowest BCUT2D eigenvalue weighted by Gasteiger charge is -2.38. The molecule has 1 aliphatic carbocycles. The number of piperidine rings is 1.